The minimum Gasteiger partial charge on any atom is -0.493 e. The fourth-order valence-electron chi connectivity index (χ4n) is 1.98. The maximum absolute atomic E-state index is 13.6. The predicted molar refractivity (Wildman–Crippen MR) is 82.5 cm³/mol. The van der Waals surface area contributed by atoms with Crippen molar-refractivity contribution in [3.8, 4) is 11.5 Å². The molecule has 1 N–H and O–H groups in total. The molecule has 2 aromatic rings. The van der Waals surface area contributed by atoms with Crippen LogP contribution in [-0.4, -0.2) is 13.2 Å². The van der Waals surface area contributed by atoms with Crippen LogP contribution in [0.4, 0.5) is 10.1 Å². The zero-order valence-electron chi connectivity index (χ0n) is 12.5. The number of rotatable bonds is 6. The van der Waals surface area contributed by atoms with E-state index in [1.54, 1.807) is 25.3 Å². The van der Waals surface area contributed by atoms with Gasteiger partial charge in [0.15, 0.2) is 11.5 Å². The Bertz CT molecular complexity index is 599. The molecule has 0 atom stereocenters. The van der Waals surface area contributed by atoms with Crippen molar-refractivity contribution >= 4 is 5.69 Å². The molecule has 2 rings (SSSR count). The van der Waals surface area contributed by atoms with Crippen LogP contribution in [0, 0.1) is 5.82 Å². The summed E-state index contributed by atoms with van der Waals surface area (Å²) in [5.74, 6) is 1.13. The first-order valence-electron chi connectivity index (χ1n) is 6.92. The van der Waals surface area contributed by atoms with E-state index >= 15 is 0 Å². The highest BCUT2D eigenvalue weighted by atomic mass is 19.1. The molecule has 0 aliphatic heterocycles. The van der Waals surface area contributed by atoms with Gasteiger partial charge in [0.05, 0.1) is 18.9 Å². The Morgan fingerprint density at radius 3 is 2.52 bits per heavy atom. The van der Waals surface area contributed by atoms with E-state index in [1.165, 1.54) is 6.07 Å². The van der Waals surface area contributed by atoms with Crippen LogP contribution in [-0.2, 0) is 6.54 Å². The standard InChI is InChI=1S/C17H20FNO2/c1-12(2)21-17-10-13(8-9-16(17)20-3)11-19-15-7-5-4-6-14(15)18/h4-10,12,19H,11H2,1-3H3. The second-order valence-electron chi connectivity index (χ2n) is 4.99. The summed E-state index contributed by atoms with van der Waals surface area (Å²) in [5.41, 5.74) is 1.48. The molecular weight excluding hydrogens is 269 g/mol. The molecule has 0 saturated carbocycles. The van der Waals surface area contributed by atoms with E-state index in [9.17, 15) is 4.39 Å². The average Bonchev–Trinajstić information content (AvgIpc) is 2.46. The van der Waals surface area contributed by atoms with Crippen LogP contribution in [0.3, 0.4) is 0 Å². The van der Waals surface area contributed by atoms with E-state index in [0.29, 0.717) is 23.7 Å². The second-order valence-corrected chi connectivity index (χ2v) is 4.99. The molecule has 3 nitrogen and oxygen atoms in total. The Balaban J connectivity index is 2.12. The minimum absolute atomic E-state index is 0.0636. The fraction of sp³-hybridized carbons (Fsp3) is 0.294. The first-order valence-corrected chi connectivity index (χ1v) is 6.92. The largest absolute Gasteiger partial charge is 0.493 e. The van der Waals surface area contributed by atoms with E-state index in [2.05, 4.69) is 5.32 Å². The quantitative estimate of drug-likeness (QED) is 0.863. The molecule has 0 unspecified atom stereocenters. The maximum atomic E-state index is 13.6. The van der Waals surface area contributed by atoms with Gasteiger partial charge in [0.25, 0.3) is 0 Å². The van der Waals surface area contributed by atoms with Crippen molar-refractivity contribution in [3.63, 3.8) is 0 Å². The van der Waals surface area contributed by atoms with Gasteiger partial charge in [-0.3, -0.25) is 0 Å². The van der Waals surface area contributed by atoms with Crippen molar-refractivity contribution in [3.05, 3.63) is 53.8 Å². The van der Waals surface area contributed by atoms with Gasteiger partial charge in [-0.05, 0) is 43.7 Å². The van der Waals surface area contributed by atoms with Crippen LogP contribution < -0.4 is 14.8 Å². The first kappa shape index (κ1) is 15.2. The fourth-order valence-corrected chi connectivity index (χ4v) is 1.98. The molecule has 4 heteroatoms. The SMILES string of the molecule is COc1ccc(CNc2ccccc2F)cc1OC(C)C. The van der Waals surface area contributed by atoms with Crippen molar-refractivity contribution in [1.82, 2.24) is 0 Å². The lowest BCUT2D eigenvalue weighted by Gasteiger charge is -2.15. The molecule has 0 aliphatic rings. The van der Waals surface area contributed by atoms with Gasteiger partial charge in [-0.1, -0.05) is 18.2 Å². The monoisotopic (exact) mass is 289 g/mol. The van der Waals surface area contributed by atoms with Gasteiger partial charge >= 0.3 is 0 Å². The number of methoxy groups -OCH3 is 1. The van der Waals surface area contributed by atoms with Crippen molar-refractivity contribution < 1.29 is 13.9 Å². The lowest BCUT2D eigenvalue weighted by Crippen LogP contribution is -2.08. The van der Waals surface area contributed by atoms with Gasteiger partial charge in [-0.2, -0.15) is 0 Å². The van der Waals surface area contributed by atoms with E-state index in [4.69, 9.17) is 9.47 Å². The minimum atomic E-state index is -0.260. The number of halogens is 1. The van der Waals surface area contributed by atoms with E-state index in [-0.39, 0.29) is 11.9 Å². The molecule has 112 valence electrons. The summed E-state index contributed by atoms with van der Waals surface area (Å²) in [6.45, 7) is 4.44. The highest BCUT2D eigenvalue weighted by Crippen LogP contribution is 2.29. The summed E-state index contributed by atoms with van der Waals surface area (Å²) in [4.78, 5) is 0. The number of ether oxygens (including phenoxy) is 2. The molecule has 0 radical (unpaired) electrons. The number of nitrogens with one attached hydrogen (secondary N) is 1. The number of hydrogen-bond donors (Lipinski definition) is 1. The van der Waals surface area contributed by atoms with Crippen LogP contribution in [0.2, 0.25) is 0 Å². The normalized spacial score (nSPS) is 10.5. The van der Waals surface area contributed by atoms with E-state index < -0.39 is 0 Å². The van der Waals surface area contributed by atoms with Gasteiger partial charge in [0.2, 0.25) is 0 Å². The summed E-state index contributed by atoms with van der Waals surface area (Å²) in [5, 5.41) is 3.08. The summed E-state index contributed by atoms with van der Waals surface area (Å²) in [6, 6.07) is 12.3. The van der Waals surface area contributed by atoms with Gasteiger partial charge in [-0.15, -0.1) is 0 Å². The molecule has 21 heavy (non-hydrogen) atoms. The molecule has 0 spiro atoms. The third kappa shape index (κ3) is 4.12. The van der Waals surface area contributed by atoms with Crippen molar-refractivity contribution in [2.75, 3.05) is 12.4 Å². The third-order valence-electron chi connectivity index (χ3n) is 2.95. The Labute approximate surface area is 124 Å². The first-order chi connectivity index (χ1) is 10.1. The number of anilines is 1. The Morgan fingerprint density at radius 2 is 1.86 bits per heavy atom. The van der Waals surface area contributed by atoms with Crippen molar-refractivity contribution in [1.29, 1.82) is 0 Å². The Kier molecular flexibility index (Phi) is 5.04. The Hall–Kier alpha value is -2.23. The summed E-state index contributed by atoms with van der Waals surface area (Å²) < 4.78 is 24.6. The van der Waals surface area contributed by atoms with E-state index in [0.717, 1.165) is 5.56 Å². The molecule has 0 saturated heterocycles. The zero-order valence-corrected chi connectivity index (χ0v) is 12.5. The van der Waals surface area contributed by atoms with Crippen LogP contribution in [0.15, 0.2) is 42.5 Å². The number of para-hydroxylation sites is 1. The number of hydrogen-bond acceptors (Lipinski definition) is 3. The highest BCUT2D eigenvalue weighted by molar-refractivity contribution is 5.47. The third-order valence-corrected chi connectivity index (χ3v) is 2.95. The summed E-state index contributed by atoms with van der Waals surface area (Å²) in [7, 11) is 1.61. The smallest absolute Gasteiger partial charge is 0.161 e. The van der Waals surface area contributed by atoms with Gasteiger partial charge in [-0.25, -0.2) is 4.39 Å². The topological polar surface area (TPSA) is 30.5 Å². The summed E-state index contributed by atoms with van der Waals surface area (Å²) in [6.07, 6.45) is 0.0636. The van der Waals surface area contributed by atoms with Crippen molar-refractivity contribution in [2.24, 2.45) is 0 Å². The zero-order chi connectivity index (χ0) is 15.2. The molecule has 0 aliphatic carbocycles. The molecule has 0 aromatic heterocycles. The molecular formula is C17H20FNO2. The van der Waals surface area contributed by atoms with Crippen molar-refractivity contribution in [2.45, 2.75) is 26.5 Å². The van der Waals surface area contributed by atoms with Crippen LogP contribution in [0.1, 0.15) is 19.4 Å². The summed E-state index contributed by atoms with van der Waals surface area (Å²) >= 11 is 0. The average molecular weight is 289 g/mol. The molecule has 0 amide bonds. The lowest BCUT2D eigenvalue weighted by molar-refractivity contribution is 0.230. The predicted octanol–water partition coefficient (Wildman–Crippen LogP) is 4.23. The lowest BCUT2D eigenvalue weighted by atomic mass is 10.2. The Morgan fingerprint density at radius 1 is 1.10 bits per heavy atom. The molecule has 0 bridgehead atoms. The molecule has 2 aromatic carbocycles. The van der Waals surface area contributed by atoms with Gasteiger partial charge in [0, 0.05) is 6.54 Å². The van der Waals surface area contributed by atoms with Crippen LogP contribution in [0.5, 0.6) is 11.5 Å². The van der Waals surface area contributed by atoms with Gasteiger partial charge < -0.3 is 14.8 Å². The number of benzene rings is 2. The maximum Gasteiger partial charge on any atom is 0.161 e. The highest BCUT2D eigenvalue weighted by Gasteiger charge is 2.08. The van der Waals surface area contributed by atoms with Crippen LogP contribution >= 0.6 is 0 Å². The van der Waals surface area contributed by atoms with Crippen LogP contribution in [0.25, 0.3) is 0 Å². The van der Waals surface area contributed by atoms with E-state index in [1.807, 2.05) is 32.0 Å². The van der Waals surface area contributed by atoms with Gasteiger partial charge in [0.1, 0.15) is 5.82 Å². The second kappa shape index (κ2) is 6.97. The molecule has 0 fully saturated rings. The molecule has 0 heterocycles.